The Morgan fingerprint density at radius 1 is 1.44 bits per heavy atom. The number of carbonyl (C=O) groups excluding carboxylic acids is 2. The minimum Gasteiger partial charge on any atom is -0.459 e. The molecule has 1 N–H and O–H groups in total. The summed E-state index contributed by atoms with van der Waals surface area (Å²) in [6, 6.07) is 5.19. The van der Waals surface area contributed by atoms with Crippen molar-refractivity contribution < 1.29 is 18.7 Å². The van der Waals surface area contributed by atoms with Gasteiger partial charge in [0.1, 0.15) is 18.5 Å². The van der Waals surface area contributed by atoms with Crippen molar-refractivity contribution in [1.29, 1.82) is 0 Å². The lowest BCUT2D eigenvalue weighted by atomic mass is 10.2. The second kappa shape index (κ2) is 7.00. The van der Waals surface area contributed by atoms with Crippen molar-refractivity contribution >= 4 is 24.5 Å². The molecule has 0 saturated heterocycles. The van der Waals surface area contributed by atoms with Gasteiger partial charge in [-0.1, -0.05) is 18.2 Å². The highest BCUT2D eigenvalue weighted by Crippen LogP contribution is 2.08. The van der Waals surface area contributed by atoms with Crippen LogP contribution in [0.15, 0.2) is 24.3 Å². The Morgan fingerprint density at radius 2 is 2.11 bits per heavy atom. The van der Waals surface area contributed by atoms with Crippen molar-refractivity contribution in [2.75, 3.05) is 5.75 Å². The van der Waals surface area contributed by atoms with Crippen LogP contribution in [0.5, 0.6) is 0 Å². The van der Waals surface area contributed by atoms with Gasteiger partial charge < -0.3 is 10.1 Å². The van der Waals surface area contributed by atoms with Crippen molar-refractivity contribution in [2.24, 2.45) is 0 Å². The number of rotatable bonds is 5. The molecule has 0 unspecified atom stereocenters. The number of hydrogen-bond acceptors (Lipinski definition) is 4. The molecule has 0 radical (unpaired) electrons. The summed E-state index contributed by atoms with van der Waals surface area (Å²) in [6.07, 6.45) is 0. The molecule has 0 spiro atoms. The normalized spacial score (nSPS) is 11.7. The van der Waals surface area contributed by atoms with E-state index in [2.05, 4.69) is 17.9 Å². The monoisotopic (exact) mass is 271 g/mol. The van der Waals surface area contributed by atoms with E-state index in [1.807, 2.05) is 0 Å². The minimum atomic E-state index is -0.822. The third-order valence-electron chi connectivity index (χ3n) is 2.17. The molecule has 0 bridgehead atoms. The van der Waals surface area contributed by atoms with Crippen LogP contribution in [0.3, 0.4) is 0 Å². The Bertz CT molecular complexity index is 439. The molecule has 0 aromatic heterocycles. The molecule has 98 valence electrons. The number of halogens is 1. The third kappa shape index (κ3) is 4.37. The molecular weight excluding hydrogens is 257 g/mol. The summed E-state index contributed by atoms with van der Waals surface area (Å²) < 4.78 is 18.2. The van der Waals surface area contributed by atoms with Gasteiger partial charge in [0.25, 0.3) is 0 Å². The predicted molar refractivity (Wildman–Crippen MR) is 67.7 cm³/mol. The van der Waals surface area contributed by atoms with E-state index in [1.165, 1.54) is 19.1 Å². The van der Waals surface area contributed by atoms with E-state index in [9.17, 15) is 14.0 Å². The maximum Gasteiger partial charge on any atom is 0.329 e. The highest BCUT2D eigenvalue weighted by atomic mass is 32.1. The number of nitrogens with one attached hydrogen (secondary N) is 1. The zero-order valence-corrected chi connectivity index (χ0v) is 10.7. The Labute approximate surface area is 110 Å². The lowest BCUT2D eigenvalue weighted by molar-refractivity contribution is -0.148. The van der Waals surface area contributed by atoms with Crippen LogP contribution in [-0.4, -0.2) is 23.7 Å². The summed E-state index contributed by atoms with van der Waals surface area (Å²) in [5.41, 5.74) is 0.284. The molecule has 1 aromatic carbocycles. The lowest BCUT2D eigenvalue weighted by Crippen LogP contribution is -2.42. The number of hydrogen-bond donors (Lipinski definition) is 2. The molecule has 4 nitrogen and oxygen atoms in total. The lowest BCUT2D eigenvalue weighted by Gasteiger charge is -2.14. The third-order valence-corrected chi connectivity index (χ3v) is 2.54. The van der Waals surface area contributed by atoms with Gasteiger partial charge in [0.05, 0.1) is 0 Å². The van der Waals surface area contributed by atoms with Crippen LogP contribution in [0.2, 0.25) is 0 Å². The van der Waals surface area contributed by atoms with Crippen molar-refractivity contribution in [1.82, 2.24) is 5.32 Å². The van der Waals surface area contributed by atoms with Gasteiger partial charge in [-0.05, 0) is 6.07 Å². The molecule has 0 aliphatic heterocycles. The van der Waals surface area contributed by atoms with Crippen molar-refractivity contribution in [3.05, 3.63) is 35.6 Å². The van der Waals surface area contributed by atoms with E-state index in [0.29, 0.717) is 0 Å². The van der Waals surface area contributed by atoms with Crippen LogP contribution in [0.1, 0.15) is 12.5 Å². The Hall–Kier alpha value is -1.56. The first-order valence-electron chi connectivity index (χ1n) is 5.32. The fraction of sp³-hybridized carbons (Fsp3) is 0.333. The van der Waals surface area contributed by atoms with Crippen molar-refractivity contribution in [2.45, 2.75) is 19.6 Å². The Kier molecular flexibility index (Phi) is 5.64. The van der Waals surface area contributed by atoms with Crippen molar-refractivity contribution in [3.63, 3.8) is 0 Å². The van der Waals surface area contributed by atoms with Gasteiger partial charge in [-0.3, -0.25) is 4.79 Å². The predicted octanol–water partition coefficient (Wildman–Crippen LogP) is 1.30. The van der Waals surface area contributed by atoms with Crippen LogP contribution in [0.4, 0.5) is 4.39 Å². The first kappa shape index (κ1) is 14.5. The number of ether oxygens (including phenoxy) is 1. The summed E-state index contributed by atoms with van der Waals surface area (Å²) in [7, 11) is 0. The maximum atomic E-state index is 13.3. The number of thiol groups is 1. The smallest absolute Gasteiger partial charge is 0.329 e. The topological polar surface area (TPSA) is 55.4 Å². The largest absolute Gasteiger partial charge is 0.459 e. The molecule has 18 heavy (non-hydrogen) atoms. The summed E-state index contributed by atoms with van der Waals surface area (Å²) in [6.45, 7) is 1.12. The number of amides is 1. The van der Waals surface area contributed by atoms with Crippen LogP contribution >= 0.6 is 12.6 Å². The second-order valence-electron chi connectivity index (χ2n) is 3.63. The van der Waals surface area contributed by atoms with E-state index in [1.54, 1.807) is 12.1 Å². The second-order valence-corrected chi connectivity index (χ2v) is 4.00. The molecule has 0 aliphatic rings. The average Bonchev–Trinajstić information content (AvgIpc) is 2.34. The quantitative estimate of drug-likeness (QED) is 0.627. The van der Waals surface area contributed by atoms with Gasteiger partial charge in [-0.25, -0.2) is 9.18 Å². The highest BCUT2D eigenvalue weighted by molar-refractivity contribution is 7.80. The first-order valence-corrected chi connectivity index (χ1v) is 5.96. The van der Waals surface area contributed by atoms with E-state index >= 15 is 0 Å². The molecule has 0 fully saturated rings. The molecule has 0 aliphatic carbocycles. The highest BCUT2D eigenvalue weighted by Gasteiger charge is 2.19. The fourth-order valence-corrected chi connectivity index (χ4v) is 1.53. The summed E-state index contributed by atoms with van der Waals surface area (Å²) in [5.74, 6) is -1.30. The molecule has 1 amide bonds. The summed E-state index contributed by atoms with van der Waals surface area (Å²) in [5, 5.41) is 2.40. The van der Waals surface area contributed by atoms with Crippen molar-refractivity contribution in [3.8, 4) is 0 Å². The first-order chi connectivity index (χ1) is 8.54. The molecule has 0 heterocycles. The van der Waals surface area contributed by atoms with E-state index in [-0.39, 0.29) is 23.8 Å². The zero-order chi connectivity index (χ0) is 13.5. The van der Waals surface area contributed by atoms with E-state index in [4.69, 9.17) is 4.74 Å². The van der Waals surface area contributed by atoms with Crippen LogP contribution in [0.25, 0.3) is 0 Å². The number of benzene rings is 1. The summed E-state index contributed by atoms with van der Waals surface area (Å²) in [4.78, 5) is 22.4. The zero-order valence-electron chi connectivity index (χ0n) is 9.85. The van der Waals surface area contributed by atoms with E-state index in [0.717, 1.165) is 0 Å². The molecular formula is C12H14FNO3S. The molecule has 6 heteroatoms. The van der Waals surface area contributed by atoms with Gasteiger partial charge >= 0.3 is 5.97 Å². The SMILES string of the molecule is CC(=O)N[C@@H](CS)C(=O)OCc1ccccc1F. The molecule has 1 aromatic rings. The minimum absolute atomic E-state index is 0.121. The standard InChI is InChI=1S/C12H14FNO3S/c1-8(15)14-11(7-18)12(16)17-6-9-4-2-3-5-10(9)13/h2-5,11,18H,6-7H2,1H3,(H,14,15)/t11-/m0/s1. The number of carbonyl (C=O) groups is 2. The summed E-state index contributed by atoms with van der Waals surface area (Å²) >= 11 is 3.94. The molecule has 1 atom stereocenters. The van der Waals surface area contributed by atoms with Gasteiger partial charge in [0, 0.05) is 18.2 Å². The Morgan fingerprint density at radius 3 is 2.67 bits per heavy atom. The fourth-order valence-electron chi connectivity index (χ4n) is 1.29. The average molecular weight is 271 g/mol. The van der Waals surface area contributed by atoms with Gasteiger partial charge in [-0.2, -0.15) is 12.6 Å². The maximum absolute atomic E-state index is 13.3. The van der Waals surface area contributed by atoms with Gasteiger partial charge in [0.15, 0.2) is 0 Å². The van der Waals surface area contributed by atoms with Crippen LogP contribution in [-0.2, 0) is 20.9 Å². The van der Waals surface area contributed by atoms with Gasteiger partial charge in [-0.15, -0.1) is 0 Å². The van der Waals surface area contributed by atoms with E-state index < -0.39 is 17.8 Å². The number of esters is 1. The molecule has 1 rings (SSSR count). The van der Waals surface area contributed by atoms with Gasteiger partial charge in [0.2, 0.25) is 5.91 Å². The Balaban J connectivity index is 2.54. The molecule has 0 saturated carbocycles. The van der Waals surface area contributed by atoms with Crippen LogP contribution < -0.4 is 5.32 Å². The van der Waals surface area contributed by atoms with Crippen LogP contribution in [0, 0.1) is 5.82 Å².